The molecule has 4 nitrogen and oxygen atoms in total. The smallest absolute Gasteiger partial charge is 0.238 e. The van der Waals surface area contributed by atoms with E-state index in [1.165, 1.54) is 0 Å². The van der Waals surface area contributed by atoms with Gasteiger partial charge in [-0.05, 0) is 53.6 Å². The molecule has 3 aromatic carbocycles. The molecule has 0 unspecified atom stereocenters. The van der Waals surface area contributed by atoms with Crippen LogP contribution in [-0.4, -0.2) is 4.98 Å². The number of allylic oxidation sites excluding steroid dienone is 1. The molecule has 0 fully saturated rings. The number of nitrogens with zero attached hydrogens (tertiary/aromatic N) is 2. The third-order valence-electron chi connectivity index (χ3n) is 4.27. The molecule has 0 aliphatic carbocycles. The number of nitriles is 1. The average molecular weight is 456 g/mol. The Morgan fingerprint density at radius 2 is 1.73 bits per heavy atom. The molecule has 0 aliphatic heterocycles. The lowest BCUT2D eigenvalue weighted by atomic mass is 10.1. The van der Waals surface area contributed by atoms with E-state index in [4.69, 9.17) is 44.0 Å². The van der Waals surface area contributed by atoms with Crippen molar-refractivity contribution in [3.05, 3.63) is 92.7 Å². The summed E-state index contributed by atoms with van der Waals surface area (Å²) in [5.74, 6) is 0.597. The zero-order valence-electron chi connectivity index (χ0n) is 15.4. The first-order chi connectivity index (χ1) is 14.5. The number of oxazole rings is 1. The van der Waals surface area contributed by atoms with Gasteiger partial charge in [0.05, 0.1) is 10.0 Å². The minimum atomic E-state index is 0.231. The lowest BCUT2D eigenvalue weighted by Gasteiger charge is -2.11. The number of hydrogen-bond donors (Lipinski definition) is 0. The van der Waals surface area contributed by atoms with Crippen LogP contribution in [0.1, 0.15) is 17.0 Å². The minimum Gasteiger partial charge on any atom is -0.486 e. The molecule has 0 saturated heterocycles. The Bertz CT molecular complexity index is 1230. The van der Waals surface area contributed by atoms with E-state index in [-0.39, 0.29) is 18.1 Å². The van der Waals surface area contributed by atoms with Crippen LogP contribution in [0.3, 0.4) is 0 Å². The van der Waals surface area contributed by atoms with E-state index in [0.29, 0.717) is 37.5 Å². The summed E-state index contributed by atoms with van der Waals surface area (Å²) >= 11 is 18.7. The Morgan fingerprint density at radius 3 is 2.40 bits per heavy atom. The van der Waals surface area contributed by atoms with Crippen LogP contribution in [0.25, 0.3) is 22.7 Å². The van der Waals surface area contributed by atoms with Crippen molar-refractivity contribution in [1.29, 1.82) is 5.26 Å². The zero-order chi connectivity index (χ0) is 21.1. The van der Waals surface area contributed by atoms with Gasteiger partial charge in [-0.25, -0.2) is 4.98 Å². The Hall–Kier alpha value is -2.97. The second kappa shape index (κ2) is 8.81. The second-order valence-corrected chi connectivity index (χ2v) is 7.64. The highest BCUT2D eigenvalue weighted by atomic mass is 35.5. The van der Waals surface area contributed by atoms with Crippen molar-refractivity contribution in [2.75, 3.05) is 0 Å². The van der Waals surface area contributed by atoms with Gasteiger partial charge in [0, 0.05) is 5.02 Å². The monoisotopic (exact) mass is 454 g/mol. The standard InChI is InChI=1S/C23H13Cl3N2O2/c24-17-7-5-14(6-8-17)13-29-22-18(25)10-15(11-19(22)26)9-16(12-27)23-28-20-3-1-2-4-21(20)30-23/h1-11H,13H2/b16-9+. The molecule has 0 amide bonds. The molecule has 0 atom stereocenters. The van der Waals surface area contributed by atoms with Gasteiger partial charge in [0.1, 0.15) is 23.8 Å². The summed E-state index contributed by atoms with van der Waals surface area (Å²) in [7, 11) is 0. The summed E-state index contributed by atoms with van der Waals surface area (Å²) in [5, 5.41) is 10.9. The van der Waals surface area contributed by atoms with Crippen LogP contribution in [0, 0.1) is 11.3 Å². The first-order valence-corrected chi connectivity index (χ1v) is 10.0. The second-order valence-electron chi connectivity index (χ2n) is 6.39. The van der Waals surface area contributed by atoms with Crippen molar-refractivity contribution in [3.63, 3.8) is 0 Å². The van der Waals surface area contributed by atoms with Crippen molar-refractivity contribution < 1.29 is 9.15 Å². The maximum absolute atomic E-state index is 9.57. The van der Waals surface area contributed by atoms with E-state index in [2.05, 4.69) is 11.1 Å². The van der Waals surface area contributed by atoms with E-state index in [9.17, 15) is 5.26 Å². The number of halogens is 3. The van der Waals surface area contributed by atoms with Crippen LogP contribution < -0.4 is 4.74 Å². The number of benzene rings is 3. The van der Waals surface area contributed by atoms with E-state index in [0.717, 1.165) is 5.56 Å². The van der Waals surface area contributed by atoms with Gasteiger partial charge in [0.2, 0.25) is 5.89 Å². The van der Waals surface area contributed by atoms with Crippen LogP contribution in [-0.2, 0) is 6.61 Å². The molecular weight excluding hydrogens is 443 g/mol. The summed E-state index contributed by atoms with van der Waals surface area (Å²) in [5.41, 5.74) is 3.10. The van der Waals surface area contributed by atoms with Crippen molar-refractivity contribution in [1.82, 2.24) is 4.98 Å². The van der Waals surface area contributed by atoms with Crippen molar-refractivity contribution in [3.8, 4) is 11.8 Å². The molecule has 1 aromatic heterocycles. The lowest BCUT2D eigenvalue weighted by Crippen LogP contribution is -1.97. The number of hydrogen-bond acceptors (Lipinski definition) is 4. The fraction of sp³-hybridized carbons (Fsp3) is 0.0435. The first kappa shape index (κ1) is 20.3. The van der Waals surface area contributed by atoms with Crippen molar-refractivity contribution >= 4 is 57.6 Å². The van der Waals surface area contributed by atoms with Crippen LogP contribution in [0.5, 0.6) is 5.75 Å². The summed E-state index contributed by atoms with van der Waals surface area (Å²) < 4.78 is 11.5. The largest absolute Gasteiger partial charge is 0.486 e. The van der Waals surface area contributed by atoms with Gasteiger partial charge in [-0.15, -0.1) is 0 Å². The number of fused-ring (bicyclic) bond motifs is 1. The summed E-state index contributed by atoms with van der Waals surface area (Å²) in [6.45, 7) is 0.290. The predicted octanol–water partition coefficient (Wildman–Crippen LogP) is 7.43. The molecule has 1 heterocycles. The Labute approximate surface area is 187 Å². The molecular formula is C23H13Cl3N2O2. The van der Waals surface area contributed by atoms with Gasteiger partial charge in [0.15, 0.2) is 11.3 Å². The average Bonchev–Trinajstić information content (AvgIpc) is 3.16. The number of para-hydroxylation sites is 2. The normalized spacial score (nSPS) is 11.5. The molecule has 7 heteroatoms. The maximum Gasteiger partial charge on any atom is 0.238 e. The number of aromatic nitrogens is 1. The van der Waals surface area contributed by atoms with Crippen molar-refractivity contribution in [2.45, 2.75) is 6.61 Å². The highest BCUT2D eigenvalue weighted by molar-refractivity contribution is 6.37. The zero-order valence-corrected chi connectivity index (χ0v) is 17.7. The molecule has 0 saturated carbocycles. The SMILES string of the molecule is N#C/C(=C\c1cc(Cl)c(OCc2ccc(Cl)cc2)c(Cl)c1)c1nc2ccccc2o1. The fourth-order valence-electron chi connectivity index (χ4n) is 2.83. The van der Waals surface area contributed by atoms with Gasteiger partial charge in [-0.3, -0.25) is 0 Å². The van der Waals surface area contributed by atoms with E-state index >= 15 is 0 Å². The fourth-order valence-corrected chi connectivity index (χ4v) is 3.57. The van der Waals surface area contributed by atoms with Gasteiger partial charge in [-0.2, -0.15) is 5.26 Å². The molecule has 30 heavy (non-hydrogen) atoms. The van der Waals surface area contributed by atoms with Gasteiger partial charge in [-0.1, -0.05) is 59.1 Å². The highest BCUT2D eigenvalue weighted by Crippen LogP contribution is 2.36. The van der Waals surface area contributed by atoms with Crippen molar-refractivity contribution in [2.24, 2.45) is 0 Å². The summed E-state index contributed by atoms with van der Waals surface area (Å²) in [6.07, 6.45) is 1.62. The molecule has 4 rings (SSSR count). The van der Waals surface area contributed by atoms with Gasteiger partial charge in [0.25, 0.3) is 0 Å². The minimum absolute atomic E-state index is 0.231. The molecule has 0 N–H and O–H groups in total. The van der Waals surface area contributed by atoms with Crippen LogP contribution in [0.4, 0.5) is 0 Å². The molecule has 0 bridgehead atoms. The summed E-state index contributed by atoms with van der Waals surface area (Å²) in [6, 6.07) is 20.1. The molecule has 148 valence electrons. The molecule has 0 radical (unpaired) electrons. The number of ether oxygens (including phenoxy) is 1. The topological polar surface area (TPSA) is 59.0 Å². The van der Waals surface area contributed by atoms with Gasteiger partial charge >= 0.3 is 0 Å². The van der Waals surface area contributed by atoms with Crippen LogP contribution in [0.15, 0.2) is 65.1 Å². The van der Waals surface area contributed by atoms with E-state index in [1.54, 1.807) is 36.4 Å². The predicted molar refractivity (Wildman–Crippen MR) is 120 cm³/mol. The van der Waals surface area contributed by atoms with Crippen LogP contribution >= 0.6 is 34.8 Å². The van der Waals surface area contributed by atoms with Gasteiger partial charge < -0.3 is 9.15 Å². The van der Waals surface area contributed by atoms with E-state index < -0.39 is 0 Å². The maximum atomic E-state index is 9.57. The lowest BCUT2D eigenvalue weighted by molar-refractivity contribution is 0.306. The quantitative estimate of drug-likeness (QED) is 0.294. The Kier molecular flexibility index (Phi) is 5.96. The third kappa shape index (κ3) is 4.44. The van der Waals surface area contributed by atoms with Crippen LogP contribution in [0.2, 0.25) is 15.1 Å². The summed E-state index contributed by atoms with van der Waals surface area (Å²) in [4.78, 5) is 4.35. The Morgan fingerprint density at radius 1 is 1.03 bits per heavy atom. The van der Waals surface area contributed by atoms with E-state index in [1.807, 2.05) is 30.3 Å². The Balaban J connectivity index is 1.59. The number of rotatable bonds is 5. The molecule has 0 spiro atoms. The first-order valence-electron chi connectivity index (χ1n) is 8.87. The third-order valence-corrected chi connectivity index (χ3v) is 5.09. The molecule has 4 aromatic rings. The molecule has 0 aliphatic rings. The highest BCUT2D eigenvalue weighted by Gasteiger charge is 2.13.